The van der Waals surface area contributed by atoms with Gasteiger partial charge in [-0.3, -0.25) is 0 Å². The summed E-state index contributed by atoms with van der Waals surface area (Å²) in [7, 11) is 0. The first kappa shape index (κ1) is 66.7. The Morgan fingerprint density at radius 2 is 0.242 bits per heavy atom. The number of rotatable bonds is 60. The second-order valence-corrected chi connectivity index (χ2v) is 31.4. The zero-order valence-electron chi connectivity index (χ0n) is 47.3. The van der Waals surface area contributed by atoms with Crippen LogP contribution in [0.2, 0.25) is 0 Å². The predicted octanol–water partition coefficient (Wildman–Crippen LogP) is 25.6. The first-order chi connectivity index (χ1) is 32.5. The standard InChI is InChI=1S/C64H132ClP/c1-5-9-13-17-21-25-29-33-35-37-39-43-47-51-55-59-63-66(65,61-57-53-49-45-41-31-27-23-19-15-11-7-3,62-58-54-50-46-42-32-28-24-20-16-12-8-4)64-60-56-52-48-44-40-38-36-34-30-26-22-18-14-10-6-2/h5-64H2,1-4H3. The molecular weight excluding hydrogens is 835 g/mol. The van der Waals surface area contributed by atoms with Gasteiger partial charge in [0.2, 0.25) is 0 Å². The summed E-state index contributed by atoms with van der Waals surface area (Å²) < 4.78 is 0. The minimum atomic E-state index is -2.24. The Labute approximate surface area is 426 Å². The Balaban J connectivity index is 5.04. The zero-order valence-corrected chi connectivity index (χ0v) is 48.9. The molecule has 0 aliphatic carbocycles. The molecule has 0 N–H and O–H groups in total. The SMILES string of the molecule is CCCCCCCCCCCCCCCCCCP(Cl)(CCCCCCCCCCCCCC)(CCCCCCCCCCCCCC)CCCCCCCCCCCCCCCCCC. The third-order valence-electron chi connectivity index (χ3n) is 16.3. The van der Waals surface area contributed by atoms with Crippen LogP contribution in [-0.4, -0.2) is 24.6 Å². The molecule has 0 heterocycles. The van der Waals surface area contributed by atoms with E-state index in [1.165, 1.54) is 384 Å². The van der Waals surface area contributed by atoms with Gasteiger partial charge < -0.3 is 0 Å². The molecule has 0 aliphatic rings. The maximum absolute atomic E-state index is 8.53. The smallest absolute Gasteiger partial charge is 0.0654 e. The molecule has 0 atom stereocenters. The molecule has 0 aliphatic heterocycles. The van der Waals surface area contributed by atoms with Gasteiger partial charge >= 0.3 is 324 Å². The fourth-order valence-corrected chi connectivity index (χ4v) is 18.3. The summed E-state index contributed by atoms with van der Waals surface area (Å²) in [5.74, 6) is -2.24. The Morgan fingerprint density at radius 3 is 0.348 bits per heavy atom. The molecule has 0 rings (SSSR count). The fraction of sp³-hybridized carbons (Fsp3) is 1.00. The summed E-state index contributed by atoms with van der Waals surface area (Å²) in [4.78, 5) is 0. The fourth-order valence-electron chi connectivity index (χ4n) is 11.5. The van der Waals surface area contributed by atoms with Gasteiger partial charge in [-0.2, -0.15) is 0 Å². The number of hydrogen-bond acceptors (Lipinski definition) is 0. The number of hydrogen-bond donors (Lipinski definition) is 0. The first-order valence-electron chi connectivity index (χ1n) is 32.3. The molecule has 400 valence electrons. The van der Waals surface area contributed by atoms with Crippen molar-refractivity contribution in [3.63, 3.8) is 0 Å². The minimum absolute atomic E-state index is 1.37. The zero-order chi connectivity index (χ0) is 47.9. The van der Waals surface area contributed by atoms with Crippen molar-refractivity contribution in [3.8, 4) is 0 Å². The molecule has 0 unspecified atom stereocenters. The second-order valence-electron chi connectivity index (χ2n) is 23.1. The van der Waals surface area contributed by atoms with Gasteiger partial charge in [0.15, 0.2) is 0 Å². The van der Waals surface area contributed by atoms with Crippen molar-refractivity contribution in [2.75, 3.05) is 24.6 Å². The van der Waals surface area contributed by atoms with Crippen molar-refractivity contribution in [3.05, 3.63) is 0 Å². The molecule has 0 amide bonds. The van der Waals surface area contributed by atoms with E-state index in [1.54, 1.807) is 0 Å². The molecule has 0 radical (unpaired) electrons. The van der Waals surface area contributed by atoms with E-state index in [9.17, 15) is 0 Å². The Kier molecular flexibility index (Phi) is 55.6. The van der Waals surface area contributed by atoms with Crippen LogP contribution in [0.5, 0.6) is 0 Å². The van der Waals surface area contributed by atoms with Crippen LogP contribution in [-0.2, 0) is 0 Å². The monoisotopic (exact) mass is 967 g/mol. The van der Waals surface area contributed by atoms with Gasteiger partial charge in [0.05, 0.1) is 0 Å². The van der Waals surface area contributed by atoms with Gasteiger partial charge in [-0.1, -0.05) is 105 Å². The molecule has 0 aromatic heterocycles. The molecule has 0 nitrogen and oxygen atoms in total. The van der Waals surface area contributed by atoms with E-state index < -0.39 is 5.96 Å². The molecule has 0 aromatic carbocycles. The van der Waals surface area contributed by atoms with Gasteiger partial charge in [-0.25, -0.2) is 0 Å². The van der Waals surface area contributed by atoms with Crippen LogP contribution in [0, 0.1) is 0 Å². The Morgan fingerprint density at radius 1 is 0.152 bits per heavy atom. The van der Waals surface area contributed by atoms with E-state index >= 15 is 0 Å². The molecule has 0 spiro atoms. The topological polar surface area (TPSA) is 0 Å². The average Bonchev–Trinajstić information content (AvgIpc) is 3.32. The normalized spacial score (nSPS) is 12.7. The van der Waals surface area contributed by atoms with Crippen LogP contribution in [0.15, 0.2) is 0 Å². The molecule has 0 saturated heterocycles. The van der Waals surface area contributed by atoms with E-state index in [-0.39, 0.29) is 0 Å². The van der Waals surface area contributed by atoms with Gasteiger partial charge in [-0.05, 0) is 0 Å². The summed E-state index contributed by atoms with van der Waals surface area (Å²) in [6.45, 7) is 9.32. The van der Waals surface area contributed by atoms with Crippen LogP contribution in [0.4, 0.5) is 0 Å². The first-order valence-corrected chi connectivity index (χ1v) is 36.1. The maximum atomic E-state index is 8.53. The summed E-state index contributed by atoms with van der Waals surface area (Å²) in [5.41, 5.74) is 0. The van der Waals surface area contributed by atoms with Crippen LogP contribution >= 0.6 is 17.2 Å². The second kappa shape index (κ2) is 55.0. The molecule has 0 bridgehead atoms. The van der Waals surface area contributed by atoms with E-state index in [1.807, 2.05) is 0 Å². The molecule has 0 saturated carbocycles. The van der Waals surface area contributed by atoms with Crippen molar-refractivity contribution in [2.24, 2.45) is 0 Å². The molecular formula is C64H132ClP. The average molecular weight is 968 g/mol. The van der Waals surface area contributed by atoms with Crippen molar-refractivity contribution in [2.45, 2.75) is 387 Å². The van der Waals surface area contributed by atoms with Crippen LogP contribution in [0.25, 0.3) is 0 Å². The summed E-state index contributed by atoms with van der Waals surface area (Å²) in [5, 5.41) is 0. The third-order valence-corrected chi connectivity index (χ3v) is 24.0. The van der Waals surface area contributed by atoms with E-state index in [2.05, 4.69) is 27.7 Å². The molecule has 0 fully saturated rings. The molecule has 2 heteroatoms. The summed E-state index contributed by atoms with van der Waals surface area (Å²) >= 11 is 8.53. The third kappa shape index (κ3) is 49.7. The minimum Gasteiger partial charge on any atom is -0.0654 e. The van der Waals surface area contributed by atoms with Gasteiger partial charge in [-0.15, -0.1) is 0 Å². The predicted molar refractivity (Wildman–Crippen MR) is 313 cm³/mol. The quantitative estimate of drug-likeness (QED) is 0.0421. The van der Waals surface area contributed by atoms with Gasteiger partial charge in [0.1, 0.15) is 0 Å². The van der Waals surface area contributed by atoms with Gasteiger partial charge in [0.25, 0.3) is 0 Å². The Bertz CT molecular complexity index is 801. The van der Waals surface area contributed by atoms with Crippen molar-refractivity contribution < 1.29 is 0 Å². The number of halogens is 1. The van der Waals surface area contributed by atoms with Crippen LogP contribution < -0.4 is 0 Å². The van der Waals surface area contributed by atoms with E-state index in [0.717, 1.165) is 0 Å². The van der Waals surface area contributed by atoms with E-state index in [4.69, 9.17) is 11.2 Å². The van der Waals surface area contributed by atoms with Crippen LogP contribution in [0.3, 0.4) is 0 Å². The summed E-state index contributed by atoms with van der Waals surface area (Å²) in [6, 6.07) is 0. The molecule has 0 aromatic rings. The van der Waals surface area contributed by atoms with E-state index in [0.29, 0.717) is 0 Å². The van der Waals surface area contributed by atoms with Crippen molar-refractivity contribution >= 4 is 17.2 Å². The van der Waals surface area contributed by atoms with Crippen molar-refractivity contribution in [1.29, 1.82) is 0 Å². The molecule has 66 heavy (non-hydrogen) atoms. The van der Waals surface area contributed by atoms with Gasteiger partial charge in [0, 0.05) is 0 Å². The van der Waals surface area contributed by atoms with Crippen molar-refractivity contribution in [1.82, 2.24) is 0 Å². The Hall–Kier alpha value is 0.720. The van der Waals surface area contributed by atoms with Crippen LogP contribution in [0.1, 0.15) is 387 Å². The number of unbranched alkanes of at least 4 members (excludes halogenated alkanes) is 52. The summed E-state index contributed by atoms with van der Waals surface area (Å²) in [6.07, 6.45) is 87.1.